The Balaban J connectivity index is 1.97. The zero-order valence-corrected chi connectivity index (χ0v) is 10.1. The number of rotatable bonds is 2. The van der Waals surface area contributed by atoms with Crippen molar-refractivity contribution in [2.24, 2.45) is 0 Å². The molecule has 3 rings (SSSR count). The molecular formula is C13H14N2S. The minimum atomic E-state index is 0.630. The van der Waals surface area contributed by atoms with Crippen molar-refractivity contribution in [2.45, 2.75) is 24.5 Å². The number of fused-ring (bicyclic) bond motifs is 1. The van der Waals surface area contributed by atoms with Gasteiger partial charge in [-0.3, -0.25) is 9.97 Å². The van der Waals surface area contributed by atoms with E-state index in [1.54, 1.807) is 12.4 Å². The van der Waals surface area contributed by atoms with Gasteiger partial charge in [-0.2, -0.15) is 11.8 Å². The van der Waals surface area contributed by atoms with Gasteiger partial charge in [0.2, 0.25) is 0 Å². The highest BCUT2D eigenvalue weighted by Crippen LogP contribution is 2.39. The Hall–Kier alpha value is -1.09. The van der Waals surface area contributed by atoms with E-state index in [0.717, 1.165) is 16.3 Å². The number of hydrogen-bond acceptors (Lipinski definition) is 3. The van der Waals surface area contributed by atoms with Gasteiger partial charge in [0, 0.05) is 17.6 Å². The largest absolute Gasteiger partial charge is 0.253 e. The van der Waals surface area contributed by atoms with Gasteiger partial charge in [0.05, 0.1) is 11.0 Å². The molecule has 1 aliphatic heterocycles. The maximum Gasteiger partial charge on any atom is 0.0889 e. The Bertz CT molecular complexity index is 508. The average Bonchev–Trinajstić information content (AvgIpc) is 2.26. The summed E-state index contributed by atoms with van der Waals surface area (Å²) in [7, 11) is 0. The first-order chi connectivity index (χ1) is 7.84. The molecule has 0 amide bonds. The number of benzene rings is 1. The third-order valence-corrected chi connectivity index (χ3v) is 4.85. The van der Waals surface area contributed by atoms with Crippen LogP contribution in [0, 0.1) is 0 Å². The molecule has 82 valence electrons. The molecule has 1 fully saturated rings. The Kier molecular flexibility index (Phi) is 2.56. The van der Waals surface area contributed by atoms with Crippen LogP contribution in [0.5, 0.6) is 0 Å². The van der Waals surface area contributed by atoms with E-state index in [9.17, 15) is 0 Å². The second-order valence-electron chi connectivity index (χ2n) is 4.29. The van der Waals surface area contributed by atoms with Crippen molar-refractivity contribution < 1.29 is 0 Å². The fourth-order valence-electron chi connectivity index (χ4n) is 2.13. The molecule has 0 spiro atoms. The monoisotopic (exact) mass is 230 g/mol. The molecule has 1 aliphatic rings. The van der Waals surface area contributed by atoms with Crippen molar-refractivity contribution >= 4 is 22.8 Å². The number of aromatic nitrogens is 2. The molecule has 0 saturated carbocycles. The normalized spacial score (nSPS) is 21.7. The quantitative estimate of drug-likeness (QED) is 0.792. The zero-order valence-electron chi connectivity index (χ0n) is 9.26. The molecule has 0 bridgehead atoms. The predicted octanol–water partition coefficient (Wildman–Crippen LogP) is 3.24. The lowest BCUT2D eigenvalue weighted by Gasteiger charge is -2.31. The van der Waals surface area contributed by atoms with E-state index in [2.05, 4.69) is 46.9 Å². The maximum atomic E-state index is 4.36. The summed E-state index contributed by atoms with van der Waals surface area (Å²) in [6, 6.07) is 6.46. The molecule has 0 N–H and O–H groups in total. The first-order valence-electron chi connectivity index (χ1n) is 5.67. The topological polar surface area (TPSA) is 25.8 Å². The van der Waals surface area contributed by atoms with Crippen molar-refractivity contribution in [3.8, 4) is 0 Å². The van der Waals surface area contributed by atoms with Gasteiger partial charge in [-0.25, -0.2) is 0 Å². The summed E-state index contributed by atoms with van der Waals surface area (Å²) >= 11 is 2.08. The highest BCUT2D eigenvalue weighted by atomic mass is 32.2. The van der Waals surface area contributed by atoms with Gasteiger partial charge in [0.25, 0.3) is 0 Å². The van der Waals surface area contributed by atoms with E-state index in [0.29, 0.717) is 5.92 Å². The Labute approximate surface area is 99.5 Å². The lowest BCUT2D eigenvalue weighted by atomic mass is 9.95. The summed E-state index contributed by atoms with van der Waals surface area (Å²) in [6.07, 6.45) is 4.85. The van der Waals surface area contributed by atoms with Crippen LogP contribution < -0.4 is 0 Å². The SMILES string of the molecule is CC(c1ccc2nccnc2c1)C1CCS1. The third kappa shape index (κ3) is 1.69. The summed E-state index contributed by atoms with van der Waals surface area (Å²) < 4.78 is 0. The van der Waals surface area contributed by atoms with E-state index in [1.165, 1.54) is 17.7 Å². The lowest BCUT2D eigenvalue weighted by molar-refractivity contribution is 0.658. The van der Waals surface area contributed by atoms with Crippen LogP contribution in [0.15, 0.2) is 30.6 Å². The molecule has 0 aliphatic carbocycles. The molecule has 0 radical (unpaired) electrons. The smallest absolute Gasteiger partial charge is 0.0889 e. The van der Waals surface area contributed by atoms with Crippen LogP contribution in [-0.4, -0.2) is 21.0 Å². The highest BCUT2D eigenvalue weighted by Gasteiger charge is 2.25. The summed E-state index contributed by atoms with van der Waals surface area (Å²) in [4.78, 5) is 8.65. The van der Waals surface area contributed by atoms with Crippen molar-refractivity contribution in [1.82, 2.24) is 9.97 Å². The van der Waals surface area contributed by atoms with E-state index >= 15 is 0 Å². The summed E-state index contributed by atoms with van der Waals surface area (Å²) in [5.41, 5.74) is 3.39. The van der Waals surface area contributed by atoms with Gasteiger partial charge in [0.15, 0.2) is 0 Å². The van der Waals surface area contributed by atoms with Gasteiger partial charge < -0.3 is 0 Å². The average molecular weight is 230 g/mol. The van der Waals surface area contributed by atoms with Crippen LogP contribution in [0.2, 0.25) is 0 Å². The van der Waals surface area contributed by atoms with Gasteiger partial charge in [-0.1, -0.05) is 13.0 Å². The molecule has 3 heteroatoms. The Morgan fingerprint density at radius 1 is 1.25 bits per heavy atom. The summed E-state index contributed by atoms with van der Waals surface area (Å²) in [5, 5.41) is 0.800. The number of thioether (sulfide) groups is 1. The molecule has 2 aromatic rings. The fourth-order valence-corrected chi connectivity index (χ4v) is 3.08. The van der Waals surface area contributed by atoms with Crippen LogP contribution in [0.4, 0.5) is 0 Å². The predicted molar refractivity (Wildman–Crippen MR) is 68.8 cm³/mol. The molecule has 2 nitrogen and oxygen atoms in total. The Morgan fingerprint density at radius 3 is 2.69 bits per heavy atom. The van der Waals surface area contributed by atoms with Crippen molar-refractivity contribution in [3.63, 3.8) is 0 Å². The summed E-state index contributed by atoms with van der Waals surface area (Å²) in [5.74, 6) is 1.95. The fraction of sp³-hybridized carbons (Fsp3) is 0.385. The van der Waals surface area contributed by atoms with E-state index in [4.69, 9.17) is 0 Å². The minimum absolute atomic E-state index is 0.630. The van der Waals surface area contributed by atoms with Crippen LogP contribution in [0.1, 0.15) is 24.8 Å². The van der Waals surface area contributed by atoms with Crippen molar-refractivity contribution in [3.05, 3.63) is 36.2 Å². The van der Waals surface area contributed by atoms with Gasteiger partial charge in [-0.05, 0) is 35.8 Å². The third-order valence-electron chi connectivity index (χ3n) is 3.31. The van der Waals surface area contributed by atoms with Gasteiger partial charge >= 0.3 is 0 Å². The lowest BCUT2D eigenvalue weighted by Crippen LogP contribution is -2.22. The van der Waals surface area contributed by atoms with Crippen LogP contribution in [-0.2, 0) is 0 Å². The van der Waals surface area contributed by atoms with E-state index < -0.39 is 0 Å². The second kappa shape index (κ2) is 4.06. The van der Waals surface area contributed by atoms with Crippen molar-refractivity contribution in [1.29, 1.82) is 0 Å². The van der Waals surface area contributed by atoms with Crippen LogP contribution in [0.25, 0.3) is 11.0 Å². The molecule has 16 heavy (non-hydrogen) atoms. The molecule has 1 saturated heterocycles. The zero-order chi connectivity index (χ0) is 11.0. The molecule has 1 aromatic carbocycles. The van der Waals surface area contributed by atoms with Gasteiger partial charge in [-0.15, -0.1) is 0 Å². The first kappa shape index (κ1) is 10.1. The van der Waals surface area contributed by atoms with E-state index in [1.807, 2.05) is 0 Å². The second-order valence-corrected chi connectivity index (χ2v) is 5.64. The first-order valence-corrected chi connectivity index (χ1v) is 6.72. The van der Waals surface area contributed by atoms with Crippen LogP contribution >= 0.6 is 11.8 Å². The van der Waals surface area contributed by atoms with Crippen LogP contribution in [0.3, 0.4) is 0 Å². The molecule has 2 heterocycles. The summed E-state index contributed by atoms with van der Waals surface area (Å²) in [6.45, 7) is 2.31. The maximum absolute atomic E-state index is 4.36. The van der Waals surface area contributed by atoms with E-state index in [-0.39, 0.29) is 0 Å². The number of hydrogen-bond donors (Lipinski definition) is 0. The number of nitrogens with zero attached hydrogens (tertiary/aromatic N) is 2. The molecule has 1 aromatic heterocycles. The molecule has 2 unspecified atom stereocenters. The van der Waals surface area contributed by atoms with Crippen molar-refractivity contribution in [2.75, 3.05) is 5.75 Å². The molecule has 2 atom stereocenters. The Morgan fingerprint density at radius 2 is 2.00 bits per heavy atom. The standard InChI is InChI=1S/C13H14N2S/c1-9(13-4-7-16-13)10-2-3-11-12(8-10)15-6-5-14-11/h2-3,5-6,8-9,13H,4,7H2,1H3. The minimum Gasteiger partial charge on any atom is -0.253 e. The highest BCUT2D eigenvalue weighted by molar-refractivity contribution is 8.01. The van der Waals surface area contributed by atoms with Gasteiger partial charge in [0.1, 0.15) is 0 Å². The molecular weight excluding hydrogens is 216 g/mol.